The molecule has 0 amide bonds. The van der Waals surface area contributed by atoms with Gasteiger partial charge in [-0.2, -0.15) is 10.2 Å². The molecule has 0 atom stereocenters. The Morgan fingerprint density at radius 3 is 2.53 bits per heavy atom. The van der Waals surface area contributed by atoms with Crippen LogP contribution in [-0.4, -0.2) is 19.6 Å². The zero-order chi connectivity index (χ0) is 12.4. The lowest BCUT2D eigenvalue weighted by molar-refractivity contribution is 0.640. The average Bonchev–Trinajstić information content (AvgIpc) is 2.82. The molecule has 5 nitrogen and oxygen atoms in total. The fourth-order valence-electron chi connectivity index (χ4n) is 1.94. The number of hydrogen-bond acceptors (Lipinski definition) is 3. The summed E-state index contributed by atoms with van der Waals surface area (Å²) in [5, 5.41) is 11.9. The number of anilines is 1. The first-order valence-corrected chi connectivity index (χ1v) is 5.87. The van der Waals surface area contributed by atoms with Crippen LogP contribution in [-0.2, 0) is 20.1 Å². The first-order chi connectivity index (χ1) is 8.13. The van der Waals surface area contributed by atoms with E-state index in [2.05, 4.69) is 36.3 Å². The SMILES string of the molecule is CCn1ncc(NCc2c(C)cnn2C)c1C. The van der Waals surface area contributed by atoms with Crippen LogP contribution in [0.1, 0.15) is 23.9 Å². The number of nitrogens with one attached hydrogen (secondary N) is 1. The fraction of sp³-hybridized carbons (Fsp3) is 0.500. The topological polar surface area (TPSA) is 47.7 Å². The molecule has 1 N–H and O–H groups in total. The van der Waals surface area contributed by atoms with Crippen LogP contribution >= 0.6 is 0 Å². The number of hydrogen-bond donors (Lipinski definition) is 1. The van der Waals surface area contributed by atoms with Crippen LogP contribution in [0.25, 0.3) is 0 Å². The van der Waals surface area contributed by atoms with Crippen molar-refractivity contribution in [3.63, 3.8) is 0 Å². The number of aromatic nitrogens is 4. The Balaban J connectivity index is 2.10. The molecule has 0 fully saturated rings. The van der Waals surface area contributed by atoms with Gasteiger partial charge in [0.2, 0.25) is 0 Å². The van der Waals surface area contributed by atoms with E-state index in [4.69, 9.17) is 0 Å². The molecule has 2 aromatic heterocycles. The minimum Gasteiger partial charge on any atom is -0.377 e. The van der Waals surface area contributed by atoms with Gasteiger partial charge in [-0.15, -0.1) is 0 Å². The summed E-state index contributed by atoms with van der Waals surface area (Å²) >= 11 is 0. The third-order valence-electron chi connectivity index (χ3n) is 3.12. The van der Waals surface area contributed by atoms with Gasteiger partial charge in [0.25, 0.3) is 0 Å². The molecular weight excluding hydrogens is 214 g/mol. The Morgan fingerprint density at radius 1 is 1.24 bits per heavy atom. The van der Waals surface area contributed by atoms with Gasteiger partial charge < -0.3 is 5.32 Å². The average molecular weight is 233 g/mol. The summed E-state index contributed by atoms with van der Waals surface area (Å²) in [5.41, 5.74) is 4.67. The van der Waals surface area contributed by atoms with E-state index in [1.165, 1.54) is 17.0 Å². The van der Waals surface area contributed by atoms with Gasteiger partial charge in [0.05, 0.1) is 36.0 Å². The van der Waals surface area contributed by atoms with Crippen molar-refractivity contribution in [3.8, 4) is 0 Å². The molecule has 2 heterocycles. The van der Waals surface area contributed by atoms with Crippen LogP contribution in [0.4, 0.5) is 5.69 Å². The lowest BCUT2D eigenvalue weighted by atomic mass is 10.2. The molecule has 0 saturated heterocycles. The quantitative estimate of drug-likeness (QED) is 0.877. The van der Waals surface area contributed by atoms with E-state index in [1.807, 2.05) is 28.8 Å². The molecule has 5 heteroatoms. The van der Waals surface area contributed by atoms with E-state index >= 15 is 0 Å². The normalized spacial score (nSPS) is 10.8. The number of rotatable bonds is 4. The van der Waals surface area contributed by atoms with Crippen molar-refractivity contribution in [1.82, 2.24) is 19.6 Å². The maximum Gasteiger partial charge on any atom is 0.0759 e. The van der Waals surface area contributed by atoms with Gasteiger partial charge in [0.1, 0.15) is 0 Å². The van der Waals surface area contributed by atoms with E-state index in [1.54, 1.807) is 0 Å². The van der Waals surface area contributed by atoms with Gasteiger partial charge >= 0.3 is 0 Å². The second-order valence-electron chi connectivity index (χ2n) is 4.21. The zero-order valence-electron chi connectivity index (χ0n) is 10.9. The second kappa shape index (κ2) is 4.61. The van der Waals surface area contributed by atoms with Gasteiger partial charge in [-0.3, -0.25) is 9.36 Å². The Hall–Kier alpha value is -1.78. The first kappa shape index (κ1) is 11.7. The van der Waals surface area contributed by atoms with Crippen molar-refractivity contribution in [3.05, 3.63) is 29.3 Å². The summed E-state index contributed by atoms with van der Waals surface area (Å²) in [6.07, 6.45) is 3.77. The Labute approximate surface area is 101 Å². The van der Waals surface area contributed by atoms with E-state index in [0.717, 1.165) is 18.8 Å². The summed E-state index contributed by atoms with van der Waals surface area (Å²) in [6.45, 7) is 7.92. The maximum atomic E-state index is 4.31. The smallest absolute Gasteiger partial charge is 0.0759 e. The molecule has 0 aliphatic carbocycles. The van der Waals surface area contributed by atoms with E-state index in [0.29, 0.717) is 0 Å². The predicted octanol–water partition coefficient (Wildman–Crippen LogP) is 1.87. The molecule has 0 unspecified atom stereocenters. The summed E-state index contributed by atoms with van der Waals surface area (Å²) in [5.74, 6) is 0. The predicted molar refractivity (Wildman–Crippen MR) is 67.9 cm³/mol. The fourth-order valence-corrected chi connectivity index (χ4v) is 1.94. The van der Waals surface area contributed by atoms with Crippen LogP contribution in [0, 0.1) is 13.8 Å². The van der Waals surface area contributed by atoms with E-state index in [9.17, 15) is 0 Å². The molecule has 0 aliphatic rings. The van der Waals surface area contributed by atoms with Crippen molar-refractivity contribution >= 4 is 5.69 Å². The maximum absolute atomic E-state index is 4.31. The van der Waals surface area contributed by atoms with Gasteiger partial charge in [0.15, 0.2) is 0 Å². The highest BCUT2D eigenvalue weighted by Gasteiger charge is 2.07. The molecule has 0 radical (unpaired) electrons. The largest absolute Gasteiger partial charge is 0.377 e. The highest BCUT2D eigenvalue weighted by Crippen LogP contribution is 2.15. The molecule has 0 aromatic carbocycles. The van der Waals surface area contributed by atoms with Crippen LogP contribution in [0.5, 0.6) is 0 Å². The molecule has 92 valence electrons. The van der Waals surface area contributed by atoms with Crippen molar-refractivity contribution in [1.29, 1.82) is 0 Å². The molecule has 0 aliphatic heterocycles. The molecule has 0 bridgehead atoms. The van der Waals surface area contributed by atoms with Crippen LogP contribution in [0.2, 0.25) is 0 Å². The van der Waals surface area contributed by atoms with Crippen LogP contribution in [0.15, 0.2) is 12.4 Å². The standard InChI is InChI=1S/C12H19N5/c1-5-17-10(3)11(7-15-17)13-8-12-9(2)6-14-16(12)4/h6-7,13H,5,8H2,1-4H3. The highest BCUT2D eigenvalue weighted by atomic mass is 15.3. The highest BCUT2D eigenvalue weighted by molar-refractivity contribution is 5.46. The Bertz CT molecular complexity index is 489. The first-order valence-electron chi connectivity index (χ1n) is 5.87. The van der Waals surface area contributed by atoms with Gasteiger partial charge in [-0.25, -0.2) is 0 Å². The summed E-state index contributed by atoms with van der Waals surface area (Å²) in [4.78, 5) is 0. The van der Waals surface area contributed by atoms with E-state index < -0.39 is 0 Å². The Morgan fingerprint density at radius 2 is 2.00 bits per heavy atom. The molecule has 2 aromatic rings. The summed E-state index contributed by atoms with van der Waals surface area (Å²) in [7, 11) is 1.96. The molecule has 17 heavy (non-hydrogen) atoms. The van der Waals surface area contributed by atoms with Gasteiger partial charge in [0, 0.05) is 13.6 Å². The van der Waals surface area contributed by atoms with Crippen LogP contribution < -0.4 is 5.32 Å². The molecular formula is C12H19N5. The molecule has 0 spiro atoms. The van der Waals surface area contributed by atoms with Crippen molar-refractivity contribution in [2.24, 2.45) is 7.05 Å². The van der Waals surface area contributed by atoms with Crippen molar-refractivity contribution in [2.45, 2.75) is 33.9 Å². The van der Waals surface area contributed by atoms with Crippen molar-refractivity contribution in [2.75, 3.05) is 5.32 Å². The number of nitrogens with zero attached hydrogens (tertiary/aromatic N) is 4. The molecule has 0 saturated carbocycles. The van der Waals surface area contributed by atoms with E-state index in [-0.39, 0.29) is 0 Å². The third kappa shape index (κ3) is 2.18. The lowest BCUT2D eigenvalue weighted by Gasteiger charge is -2.07. The summed E-state index contributed by atoms with van der Waals surface area (Å²) in [6, 6.07) is 0. The lowest BCUT2D eigenvalue weighted by Crippen LogP contribution is -2.07. The zero-order valence-corrected chi connectivity index (χ0v) is 10.9. The third-order valence-corrected chi connectivity index (χ3v) is 3.12. The minimum atomic E-state index is 0.776. The second-order valence-corrected chi connectivity index (χ2v) is 4.21. The van der Waals surface area contributed by atoms with Gasteiger partial charge in [-0.1, -0.05) is 0 Å². The summed E-state index contributed by atoms with van der Waals surface area (Å²) < 4.78 is 3.89. The van der Waals surface area contributed by atoms with Gasteiger partial charge in [-0.05, 0) is 26.3 Å². The molecule has 2 rings (SSSR count). The number of aryl methyl sites for hydroxylation is 3. The minimum absolute atomic E-state index is 0.776. The van der Waals surface area contributed by atoms with Crippen molar-refractivity contribution < 1.29 is 0 Å². The Kier molecular flexibility index (Phi) is 3.17. The van der Waals surface area contributed by atoms with Crippen LogP contribution in [0.3, 0.4) is 0 Å². The monoisotopic (exact) mass is 233 g/mol.